The lowest BCUT2D eigenvalue weighted by molar-refractivity contribution is 0.0749. The summed E-state index contributed by atoms with van der Waals surface area (Å²) in [6.07, 6.45) is 1.86. The standard InChI is InChI=1S/C22H32N4O/c1-7-13-26(14-8-2)20(27)19-15-16(3)23-21(25-19)24-18-12-10-9-11-17(18)22(4,5)6/h9-12,15H,7-8,13-14H2,1-6H3,(H,23,24,25). The molecule has 0 fully saturated rings. The van der Waals surface area contributed by atoms with Gasteiger partial charge in [-0.15, -0.1) is 0 Å². The fourth-order valence-electron chi connectivity index (χ4n) is 3.12. The summed E-state index contributed by atoms with van der Waals surface area (Å²) in [5.74, 6) is 0.430. The van der Waals surface area contributed by atoms with Crippen LogP contribution in [0.1, 0.15) is 69.2 Å². The number of aromatic nitrogens is 2. The van der Waals surface area contributed by atoms with Gasteiger partial charge in [-0.1, -0.05) is 52.8 Å². The Morgan fingerprint density at radius 1 is 1.07 bits per heavy atom. The summed E-state index contributed by atoms with van der Waals surface area (Å²) in [5, 5.41) is 3.33. The molecule has 2 rings (SSSR count). The minimum absolute atomic E-state index is 0.00881. The van der Waals surface area contributed by atoms with E-state index in [0.717, 1.165) is 37.3 Å². The molecule has 5 nitrogen and oxygen atoms in total. The van der Waals surface area contributed by atoms with Crippen molar-refractivity contribution in [2.24, 2.45) is 0 Å². The highest BCUT2D eigenvalue weighted by molar-refractivity contribution is 5.92. The molecule has 5 heteroatoms. The van der Waals surface area contributed by atoms with Crippen molar-refractivity contribution in [3.05, 3.63) is 47.3 Å². The molecular formula is C22H32N4O. The molecule has 27 heavy (non-hydrogen) atoms. The van der Waals surface area contributed by atoms with E-state index < -0.39 is 0 Å². The van der Waals surface area contributed by atoms with Crippen molar-refractivity contribution in [2.45, 2.75) is 59.8 Å². The first-order chi connectivity index (χ1) is 12.8. The number of hydrogen-bond acceptors (Lipinski definition) is 4. The molecule has 0 aliphatic carbocycles. The third-order valence-corrected chi connectivity index (χ3v) is 4.33. The lowest BCUT2D eigenvalue weighted by Gasteiger charge is -2.23. The van der Waals surface area contributed by atoms with Crippen LogP contribution in [-0.4, -0.2) is 33.9 Å². The Bertz CT molecular complexity index is 774. The number of hydrogen-bond donors (Lipinski definition) is 1. The van der Waals surface area contributed by atoms with Gasteiger partial charge in [0.05, 0.1) is 0 Å². The number of para-hydroxylation sites is 1. The van der Waals surface area contributed by atoms with Gasteiger partial charge in [0.1, 0.15) is 5.69 Å². The van der Waals surface area contributed by atoms with Gasteiger partial charge in [0.25, 0.3) is 5.91 Å². The molecule has 0 saturated carbocycles. The third-order valence-electron chi connectivity index (χ3n) is 4.33. The number of carbonyl (C=O) groups excluding carboxylic acids is 1. The van der Waals surface area contributed by atoms with Crippen LogP contribution in [0.25, 0.3) is 0 Å². The molecule has 1 amide bonds. The van der Waals surface area contributed by atoms with Crippen LogP contribution in [0.3, 0.4) is 0 Å². The quantitative estimate of drug-likeness (QED) is 0.740. The zero-order valence-corrected chi connectivity index (χ0v) is 17.5. The molecule has 0 spiro atoms. The maximum Gasteiger partial charge on any atom is 0.272 e. The highest BCUT2D eigenvalue weighted by Crippen LogP contribution is 2.30. The molecule has 1 heterocycles. The average Bonchev–Trinajstić information content (AvgIpc) is 2.60. The van der Waals surface area contributed by atoms with Crippen molar-refractivity contribution in [1.29, 1.82) is 0 Å². The molecule has 1 aromatic heterocycles. The van der Waals surface area contributed by atoms with Gasteiger partial charge in [-0.3, -0.25) is 4.79 Å². The molecule has 2 aromatic rings. The van der Waals surface area contributed by atoms with E-state index in [9.17, 15) is 4.79 Å². The fraction of sp³-hybridized carbons (Fsp3) is 0.500. The molecular weight excluding hydrogens is 336 g/mol. The average molecular weight is 369 g/mol. The summed E-state index contributed by atoms with van der Waals surface area (Å²) in [6.45, 7) is 14.1. The van der Waals surface area contributed by atoms with Crippen LogP contribution in [-0.2, 0) is 5.41 Å². The molecule has 0 bridgehead atoms. The van der Waals surface area contributed by atoms with Crippen LogP contribution >= 0.6 is 0 Å². The van der Waals surface area contributed by atoms with Gasteiger partial charge in [-0.25, -0.2) is 9.97 Å². The molecule has 0 atom stereocenters. The highest BCUT2D eigenvalue weighted by Gasteiger charge is 2.20. The largest absolute Gasteiger partial charge is 0.337 e. The summed E-state index contributed by atoms with van der Waals surface area (Å²) in [5.41, 5.74) is 3.36. The number of nitrogens with zero attached hydrogens (tertiary/aromatic N) is 3. The molecule has 0 saturated heterocycles. The fourth-order valence-corrected chi connectivity index (χ4v) is 3.12. The Morgan fingerprint density at radius 2 is 1.70 bits per heavy atom. The van der Waals surface area contributed by atoms with E-state index in [1.54, 1.807) is 6.07 Å². The summed E-state index contributed by atoms with van der Waals surface area (Å²) in [6, 6.07) is 9.92. The molecule has 0 aliphatic heterocycles. The number of aryl methyl sites for hydroxylation is 1. The van der Waals surface area contributed by atoms with Gasteiger partial charge in [0.15, 0.2) is 0 Å². The van der Waals surface area contributed by atoms with E-state index in [4.69, 9.17) is 0 Å². The van der Waals surface area contributed by atoms with Crippen LogP contribution in [0.5, 0.6) is 0 Å². The second-order valence-electron chi connectivity index (χ2n) is 7.93. The minimum atomic E-state index is -0.0312. The van der Waals surface area contributed by atoms with Crippen molar-refractivity contribution >= 4 is 17.5 Å². The van der Waals surface area contributed by atoms with Crippen LogP contribution in [0.4, 0.5) is 11.6 Å². The first-order valence-corrected chi connectivity index (χ1v) is 9.77. The van der Waals surface area contributed by atoms with E-state index >= 15 is 0 Å². The monoisotopic (exact) mass is 368 g/mol. The summed E-state index contributed by atoms with van der Waals surface area (Å²) < 4.78 is 0. The Labute approximate surface area is 163 Å². The van der Waals surface area contributed by atoms with Crippen molar-refractivity contribution in [2.75, 3.05) is 18.4 Å². The Kier molecular flexibility index (Phi) is 6.94. The number of rotatable bonds is 7. The molecule has 146 valence electrons. The van der Waals surface area contributed by atoms with E-state index in [2.05, 4.69) is 56.0 Å². The summed E-state index contributed by atoms with van der Waals surface area (Å²) >= 11 is 0. The maximum absolute atomic E-state index is 12.9. The summed E-state index contributed by atoms with van der Waals surface area (Å²) in [4.78, 5) is 23.8. The van der Waals surface area contributed by atoms with E-state index in [1.807, 2.05) is 30.0 Å². The number of anilines is 2. The molecule has 1 aromatic carbocycles. The molecule has 1 N–H and O–H groups in total. The van der Waals surface area contributed by atoms with Crippen LogP contribution < -0.4 is 5.32 Å². The van der Waals surface area contributed by atoms with Gasteiger partial charge in [-0.05, 0) is 42.9 Å². The highest BCUT2D eigenvalue weighted by atomic mass is 16.2. The molecule has 0 aliphatic rings. The van der Waals surface area contributed by atoms with Gasteiger partial charge < -0.3 is 10.2 Å². The number of carbonyl (C=O) groups is 1. The van der Waals surface area contributed by atoms with Crippen molar-refractivity contribution in [3.8, 4) is 0 Å². The van der Waals surface area contributed by atoms with Crippen LogP contribution in [0, 0.1) is 6.92 Å². The first kappa shape index (κ1) is 20.9. The lowest BCUT2D eigenvalue weighted by atomic mass is 9.86. The predicted octanol–water partition coefficient (Wildman–Crippen LogP) is 5.09. The topological polar surface area (TPSA) is 58.1 Å². The van der Waals surface area contributed by atoms with E-state index in [1.165, 1.54) is 5.56 Å². The van der Waals surface area contributed by atoms with Crippen LogP contribution in [0.15, 0.2) is 30.3 Å². The third kappa shape index (κ3) is 5.52. The maximum atomic E-state index is 12.9. The van der Waals surface area contributed by atoms with E-state index in [-0.39, 0.29) is 11.3 Å². The normalized spacial score (nSPS) is 11.3. The lowest BCUT2D eigenvalue weighted by Crippen LogP contribution is -2.33. The smallest absolute Gasteiger partial charge is 0.272 e. The predicted molar refractivity (Wildman–Crippen MR) is 112 cm³/mol. The van der Waals surface area contributed by atoms with E-state index in [0.29, 0.717) is 11.6 Å². The van der Waals surface area contributed by atoms with Gasteiger partial charge in [0, 0.05) is 24.5 Å². The number of nitrogens with one attached hydrogen (secondary N) is 1. The Morgan fingerprint density at radius 3 is 2.30 bits per heavy atom. The number of benzene rings is 1. The zero-order valence-electron chi connectivity index (χ0n) is 17.5. The Hall–Kier alpha value is -2.43. The van der Waals surface area contributed by atoms with Gasteiger partial charge in [-0.2, -0.15) is 0 Å². The Balaban J connectivity index is 2.35. The van der Waals surface area contributed by atoms with Gasteiger partial charge >= 0.3 is 0 Å². The second kappa shape index (κ2) is 8.98. The summed E-state index contributed by atoms with van der Waals surface area (Å²) in [7, 11) is 0. The van der Waals surface area contributed by atoms with Crippen molar-refractivity contribution in [1.82, 2.24) is 14.9 Å². The van der Waals surface area contributed by atoms with Crippen molar-refractivity contribution in [3.63, 3.8) is 0 Å². The van der Waals surface area contributed by atoms with Gasteiger partial charge in [0.2, 0.25) is 5.95 Å². The molecule has 0 unspecified atom stereocenters. The second-order valence-corrected chi connectivity index (χ2v) is 7.93. The van der Waals surface area contributed by atoms with Crippen molar-refractivity contribution < 1.29 is 4.79 Å². The SMILES string of the molecule is CCCN(CCC)C(=O)c1cc(C)nc(Nc2ccccc2C(C)(C)C)n1. The first-order valence-electron chi connectivity index (χ1n) is 9.77. The minimum Gasteiger partial charge on any atom is -0.337 e. The zero-order chi connectivity index (χ0) is 20.0. The van der Waals surface area contributed by atoms with Crippen LogP contribution in [0.2, 0.25) is 0 Å². The number of amides is 1. The molecule has 0 radical (unpaired) electrons.